The van der Waals surface area contributed by atoms with E-state index in [0.717, 1.165) is 11.1 Å². The van der Waals surface area contributed by atoms with Crippen molar-refractivity contribution in [1.82, 2.24) is 4.90 Å². The second kappa shape index (κ2) is 10.5. The molecule has 1 amide bonds. The Balaban J connectivity index is 1.48. The molecule has 0 saturated carbocycles. The van der Waals surface area contributed by atoms with Crippen LogP contribution in [-0.2, 0) is 10.2 Å². The summed E-state index contributed by atoms with van der Waals surface area (Å²) in [4.78, 5) is 46.2. The molecule has 220 valence electrons. The summed E-state index contributed by atoms with van der Waals surface area (Å²) in [6, 6.07) is 27.7. The molecular formula is C37H32N2O5. The van der Waals surface area contributed by atoms with Gasteiger partial charge in [0.15, 0.2) is 11.6 Å². The molecule has 3 aliphatic rings. The van der Waals surface area contributed by atoms with Crippen LogP contribution in [0, 0.1) is 5.92 Å². The maximum atomic E-state index is 15.0. The quantitative estimate of drug-likeness (QED) is 0.251. The molecule has 1 saturated heterocycles. The monoisotopic (exact) mass is 584 g/mol. The number of rotatable bonds is 7. The molecule has 7 rings (SSSR count). The van der Waals surface area contributed by atoms with Gasteiger partial charge in [-0.05, 0) is 79.1 Å². The number of Topliss-reactive ketones (excluding diaryl/α,β-unsaturated/α-hetero) is 2. The summed E-state index contributed by atoms with van der Waals surface area (Å²) in [6.45, 7) is 3.88. The van der Waals surface area contributed by atoms with Gasteiger partial charge in [0.1, 0.15) is 23.0 Å². The third-order valence-electron chi connectivity index (χ3n) is 8.99. The first-order valence-corrected chi connectivity index (χ1v) is 14.8. The summed E-state index contributed by atoms with van der Waals surface area (Å²) < 4.78 is 11.3. The van der Waals surface area contributed by atoms with Crippen molar-refractivity contribution in [2.75, 3.05) is 12.4 Å². The van der Waals surface area contributed by atoms with Gasteiger partial charge >= 0.3 is 0 Å². The van der Waals surface area contributed by atoms with E-state index in [1.165, 1.54) is 0 Å². The number of para-hydroxylation sites is 1. The maximum absolute atomic E-state index is 15.0. The highest BCUT2D eigenvalue weighted by atomic mass is 16.5. The van der Waals surface area contributed by atoms with Gasteiger partial charge in [0, 0.05) is 23.0 Å². The number of hydrogen-bond donors (Lipinski definition) is 1. The normalized spacial score (nSPS) is 22.8. The topological polar surface area (TPSA) is 84.9 Å². The maximum Gasteiger partial charge on any atom is 0.238 e. The van der Waals surface area contributed by atoms with Gasteiger partial charge in [0.2, 0.25) is 5.91 Å². The molecule has 1 spiro atoms. The van der Waals surface area contributed by atoms with Gasteiger partial charge in [-0.2, -0.15) is 0 Å². The minimum absolute atomic E-state index is 0.0173. The van der Waals surface area contributed by atoms with E-state index >= 15 is 0 Å². The largest absolute Gasteiger partial charge is 0.497 e. The Labute approximate surface area is 256 Å². The van der Waals surface area contributed by atoms with Crippen LogP contribution in [0.2, 0.25) is 0 Å². The number of carbonyl (C=O) groups is 3. The van der Waals surface area contributed by atoms with E-state index < -0.39 is 23.4 Å². The number of nitrogens with one attached hydrogen (secondary N) is 1. The minimum atomic E-state index is -1.39. The van der Waals surface area contributed by atoms with Crippen molar-refractivity contribution in [3.05, 3.63) is 131 Å². The molecule has 3 heterocycles. The summed E-state index contributed by atoms with van der Waals surface area (Å²) >= 11 is 0. The lowest BCUT2D eigenvalue weighted by molar-refractivity contribution is -0.122. The molecular weight excluding hydrogens is 552 g/mol. The first-order valence-electron chi connectivity index (χ1n) is 14.8. The number of anilines is 1. The van der Waals surface area contributed by atoms with Crippen molar-refractivity contribution in [1.29, 1.82) is 0 Å². The second-order valence-electron chi connectivity index (χ2n) is 11.7. The van der Waals surface area contributed by atoms with Crippen LogP contribution < -0.4 is 14.8 Å². The first-order chi connectivity index (χ1) is 21.3. The third kappa shape index (κ3) is 4.07. The van der Waals surface area contributed by atoms with Crippen LogP contribution in [0.15, 0.2) is 103 Å². The number of nitrogens with zero attached hydrogens (tertiary/aromatic N) is 1. The zero-order valence-electron chi connectivity index (χ0n) is 24.7. The number of hydrogen-bond acceptors (Lipinski definition) is 6. The molecule has 7 heteroatoms. The van der Waals surface area contributed by atoms with E-state index in [4.69, 9.17) is 9.47 Å². The molecule has 44 heavy (non-hydrogen) atoms. The molecule has 7 nitrogen and oxygen atoms in total. The molecule has 4 atom stereocenters. The van der Waals surface area contributed by atoms with Crippen LogP contribution in [0.25, 0.3) is 6.08 Å². The zero-order chi connectivity index (χ0) is 30.6. The Morgan fingerprint density at radius 3 is 2.36 bits per heavy atom. The van der Waals surface area contributed by atoms with Crippen LogP contribution >= 0.6 is 0 Å². The summed E-state index contributed by atoms with van der Waals surface area (Å²) in [7, 11) is 1.54. The van der Waals surface area contributed by atoms with Crippen LogP contribution in [0.1, 0.15) is 57.3 Å². The Bertz CT molecular complexity index is 1830. The molecule has 0 aromatic heterocycles. The molecule has 0 aliphatic carbocycles. The fourth-order valence-corrected chi connectivity index (χ4v) is 7.26. The minimum Gasteiger partial charge on any atom is -0.497 e. The zero-order valence-corrected chi connectivity index (χ0v) is 24.7. The fourth-order valence-electron chi connectivity index (χ4n) is 7.26. The highest BCUT2D eigenvalue weighted by Crippen LogP contribution is 2.62. The average Bonchev–Trinajstić information content (AvgIpc) is 3.52. The van der Waals surface area contributed by atoms with Crippen molar-refractivity contribution in [3.63, 3.8) is 0 Å². The van der Waals surface area contributed by atoms with E-state index in [-0.39, 0.29) is 23.6 Å². The smallest absolute Gasteiger partial charge is 0.238 e. The third-order valence-corrected chi connectivity index (χ3v) is 8.99. The van der Waals surface area contributed by atoms with Crippen LogP contribution in [-0.4, -0.2) is 41.6 Å². The van der Waals surface area contributed by atoms with Gasteiger partial charge in [0.05, 0.1) is 25.2 Å². The van der Waals surface area contributed by atoms with E-state index in [9.17, 15) is 14.4 Å². The van der Waals surface area contributed by atoms with E-state index in [1.807, 2.05) is 79.6 Å². The summed E-state index contributed by atoms with van der Waals surface area (Å²) in [6.07, 6.45) is 3.81. The van der Waals surface area contributed by atoms with Gasteiger partial charge in [0.25, 0.3) is 0 Å². The Morgan fingerprint density at radius 1 is 0.841 bits per heavy atom. The van der Waals surface area contributed by atoms with Crippen molar-refractivity contribution in [2.24, 2.45) is 5.92 Å². The number of ether oxygens (including phenoxy) is 2. The summed E-state index contributed by atoms with van der Waals surface area (Å²) in [5.41, 5.74) is 2.62. The van der Waals surface area contributed by atoms with Crippen LogP contribution in [0.3, 0.4) is 0 Å². The number of fused-ring (bicyclic) bond motifs is 6. The van der Waals surface area contributed by atoms with Crippen molar-refractivity contribution < 1.29 is 23.9 Å². The van der Waals surface area contributed by atoms with Gasteiger partial charge in [-0.25, -0.2) is 0 Å². The van der Waals surface area contributed by atoms with Gasteiger partial charge in [-0.3, -0.25) is 14.4 Å². The lowest BCUT2D eigenvalue weighted by Gasteiger charge is -2.38. The molecule has 0 bridgehead atoms. The molecule has 0 radical (unpaired) electrons. The molecule has 1 N–H and O–H groups in total. The molecule has 0 unspecified atom stereocenters. The number of methoxy groups -OCH3 is 1. The summed E-state index contributed by atoms with van der Waals surface area (Å²) in [5, 5.41) is 3.08. The molecule has 4 aromatic rings. The number of amides is 1. The predicted molar refractivity (Wildman–Crippen MR) is 168 cm³/mol. The van der Waals surface area contributed by atoms with E-state index in [2.05, 4.69) is 5.32 Å². The van der Waals surface area contributed by atoms with Gasteiger partial charge < -0.3 is 19.7 Å². The first kappa shape index (κ1) is 27.7. The van der Waals surface area contributed by atoms with Crippen molar-refractivity contribution >= 4 is 29.2 Å². The molecule has 4 aromatic carbocycles. The highest BCUT2D eigenvalue weighted by molar-refractivity contribution is 6.16. The Hall–Kier alpha value is -5.17. The van der Waals surface area contributed by atoms with E-state index in [1.54, 1.807) is 55.6 Å². The lowest BCUT2D eigenvalue weighted by Crippen LogP contribution is -2.49. The van der Waals surface area contributed by atoms with Gasteiger partial charge in [-0.15, -0.1) is 0 Å². The molecule has 3 aliphatic heterocycles. The predicted octanol–water partition coefficient (Wildman–Crippen LogP) is 6.46. The lowest BCUT2D eigenvalue weighted by atomic mass is 9.62. The Kier molecular flexibility index (Phi) is 6.61. The summed E-state index contributed by atoms with van der Waals surface area (Å²) in [5.74, 6) is -0.725. The highest BCUT2D eigenvalue weighted by Gasteiger charge is 2.70. The van der Waals surface area contributed by atoms with E-state index in [0.29, 0.717) is 33.9 Å². The van der Waals surface area contributed by atoms with Crippen molar-refractivity contribution in [2.45, 2.75) is 37.5 Å². The van der Waals surface area contributed by atoms with Crippen LogP contribution in [0.5, 0.6) is 11.5 Å². The van der Waals surface area contributed by atoms with Gasteiger partial charge in [-0.1, -0.05) is 54.6 Å². The Morgan fingerprint density at radius 2 is 1.59 bits per heavy atom. The number of ketones is 2. The number of benzene rings is 4. The van der Waals surface area contributed by atoms with Crippen LogP contribution in [0.4, 0.5) is 5.69 Å². The fraction of sp³-hybridized carbons (Fsp3) is 0.216. The standard InChI is InChI=1S/C37H32N2O5/c1-22(2)44-26-17-15-24(16-18-26)34(41)32-31(33(40)25-10-8-11-27(21-25)43-3)37(29-13-6-7-14-30(29)38-36(37)42)35-28-12-5-4-9-23(28)19-20-39(32)35/h4-22,31-32,35H,1-3H3,(H,38,42)/t31-,32-,35-,37+/m1/s1. The SMILES string of the molecule is COc1cccc(C(=O)[C@H]2[C@H](C(=O)c3ccc(OC(C)C)cc3)N3C=Cc4ccccc4[C@@H]3[C@@]23C(=O)Nc2ccccc23)c1. The van der Waals surface area contributed by atoms with Crippen molar-refractivity contribution in [3.8, 4) is 11.5 Å². The number of carbonyl (C=O) groups excluding carboxylic acids is 3. The second-order valence-corrected chi connectivity index (χ2v) is 11.7. The molecule has 1 fully saturated rings. The average molecular weight is 585 g/mol.